The molecule has 0 saturated heterocycles. The van der Waals surface area contributed by atoms with E-state index in [1.807, 2.05) is 49.4 Å². The second-order valence-corrected chi connectivity index (χ2v) is 7.58. The van der Waals surface area contributed by atoms with Crippen molar-refractivity contribution in [2.45, 2.75) is 57.7 Å². The van der Waals surface area contributed by atoms with E-state index in [1.165, 1.54) is 19.3 Å². The lowest BCUT2D eigenvalue weighted by atomic mass is 9.93. The van der Waals surface area contributed by atoms with Gasteiger partial charge in [0.25, 0.3) is 0 Å². The molecule has 146 valence electrons. The Bertz CT molecular complexity index is 712. The minimum Gasteiger partial charge on any atom is -0.508 e. The van der Waals surface area contributed by atoms with Crippen molar-refractivity contribution in [3.63, 3.8) is 0 Å². The molecule has 4 heteroatoms. The Morgan fingerprint density at radius 1 is 1.04 bits per heavy atom. The highest BCUT2D eigenvalue weighted by atomic mass is 16.5. The highest BCUT2D eigenvalue weighted by molar-refractivity contribution is 5.32. The second kappa shape index (κ2) is 9.77. The van der Waals surface area contributed by atoms with Crippen molar-refractivity contribution < 1.29 is 14.9 Å². The van der Waals surface area contributed by atoms with Gasteiger partial charge in [-0.2, -0.15) is 0 Å². The Morgan fingerprint density at radius 2 is 1.74 bits per heavy atom. The summed E-state index contributed by atoms with van der Waals surface area (Å²) < 4.78 is 5.83. The van der Waals surface area contributed by atoms with Crippen LogP contribution in [-0.4, -0.2) is 40.4 Å². The van der Waals surface area contributed by atoms with Crippen molar-refractivity contribution in [3.05, 3.63) is 59.7 Å². The molecule has 0 heterocycles. The van der Waals surface area contributed by atoms with Crippen LogP contribution in [0.3, 0.4) is 0 Å². The van der Waals surface area contributed by atoms with Crippen LogP contribution in [0, 0.1) is 6.92 Å². The van der Waals surface area contributed by atoms with Crippen LogP contribution >= 0.6 is 0 Å². The van der Waals surface area contributed by atoms with Crippen LogP contribution in [0.2, 0.25) is 0 Å². The molecule has 0 aliphatic heterocycles. The number of aliphatic hydroxyl groups is 1. The number of aromatic hydroxyl groups is 1. The molecule has 1 atom stereocenters. The fraction of sp³-hybridized carbons (Fsp3) is 0.478. The molecule has 2 N–H and O–H groups in total. The number of benzene rings is 2. The number of rotatable bonds is 8. The quantitative estimate of drug-likeness (QED) is 0.729. The molecule has 2 aromatic carbocycles. The molecule has 0 amide bonds. The summed E-state index contributed by atoms with van der Waals surface area (Å²) in [6, 6.07) is 15.8. The Hall–Kier alpha value is -2.04. The monoisotopic (exact) mass is 369 g/mol. The van der Waals surface area contributed by atoms with Gasteiger partial charge in [-0.05, 0) is 37.5 Å². The van der Waals surface area contributed by atoms with Gasteiger partial charge in [0.05, 0.1) is 0 Å². The van der Waals surface area contributed by atoms with E-state index < -0.39 is 6.10 Å². The van der Waals surface area contributed by atoms with Gasteiger partial charge in [-0.3, -0.25) is 4.90 Å². The van der Waals surface area contributed by atoms with Crippen LogP contribution in [-0.2, 0) is 6.54 Å². The van der Waals surface area contributed by atoms with Crippen LogP contribution in [0.4, 0.5) is 0 Å². The summed E-state index contributed by atoms with van der Waals surface area (Å²) in [5.41, 5.74) is 1.98. The molecule has 1 saturated carbocycles. The third-order valence-corrected chi connectivity index (χ3v) is 5.43. The van der Waals surface area contributed by atoms with Crippen molar-refractivity contribution in [2.75, 3.05) is 13.2 Å². The van der Waals surface area contributed by atoms with Crippen LogP contribution in [0.15, 0.2) is 48.5 Å². The zero-order valence-corrected chi connectivity index (χ0v) is 16.2. The Labute approximate surface area is 162 Å². The Kier molecular flexibility index (Phi) is 7.13. The summed E-state index contributed by atoms with van der Waals surface area (Å²) >= 11 is 0. The van der Waals surface area contributed by atoms with E-state index in [0.29, 0.717) is 24.9 Å². The number of ether oxygens (including phenoxy) is 1. The molecular formula is C23H31NO3. The van der Waals surface area contributed by atoms with Crippen LogP contribution in [0.1, 0.15) is 43.2 Å². The smallest absolute Gasteiger partial charge is 0.122 e. The van der Waals surface area contributed by atoms with Gasteiger partial charge >= 0.3 is 0 Å². The average molecular weight is 370 g/mol. The summed E-state index contributed by atoms with van der Waals surface area (Å²) in [7, 11) is 0. The lowest BCUT2D eigenvalue weighted by Gasteiger charge is -2.35. The minimum atomic E-state index is -0.572. The molecule has 0 bridgehead atoms. The number of aryl methyl sites for hydroxylation is 1. The number of phenolic OH excluding ortho intramolecular Hbond substituents is 1. The number of para-hydroxylation sites is 2. The highest BCUT2D eigenvalue weighted by Gasteiger charge is 2.24. The first-order valence-corrected chi connectivity index (χ1v) is 10.0. The maximum absolute atomic E-state index is 10.6. The van der Waals surface area contributed by atoms with Crippen LogP contribution in [0.5, 0.6) is 11.5 Å². The molecule has 1 fully saturated rings. The lowest BCUT2D eigenvalue weighted by molar-refractivity contribution is 0.0394. The Morgan fingerprint density at radius 3 is 2.48 bits per heavy atom. The van der Waals surface area contributed by atoms with Gasteiger partial charge in [-0.1, -0.05) is 55.7 Å². The maximum atomic E-state index is 10.6. The first-order valence-electron chi connectivity index (χ1n) is 10.0. The number of aliphatic hydroxyl groups excluding tert-OH is 1. The second-order valence-electron chi connectivity index (χ2n) is 7.58. The van der Waals surface area contributed by atoms with Gasteiger partial charge < -0.3 is 14.9 Å². The van der Waals surface area contributed by atoms with Crippen LogP contribution < -0.4 is 4.74 Å². The highest BCUT2D eigenvalue weighted by Crippen LogP contribution is 2.26. The van der Waals surface area contributed by atoms with Crippen molar-refractivity contribution in [3.8, 4) is 11.5 Å². The molecule has 0 spiro atoms. The standard InChI is InChI=1S/C23H31NO3/c1-18-9-5-8-14-23(18)27-17-21(25)16-24(20-11-3-2-4-12-20)15-19-10-6-7-13-22(19)26/h5-10,13-14,20-21,25-26H,2-4,11-12,15-17H2,1H3/t21-/m0/s1. The van der Waals surface area contributed by atoms with Gasteiger partial charge in [0.1, 0.15) is 24.2 Å². The number of nitrogens with zero attached hydrogens (tertiary/aromatic N) is 1. The summed E-state index contributed by atoms with van der Waals surface area (Å²) in [6.45, 7) is 3.48. The molecule has 4 nitrogen and oxygen atoms in total. The first-order chi connectivity index (χ1) is 13.1. The SMILES string of the molecule is Cc1ccccc1OC[C@@H](O)CN(Cc1ccccc1O)C1CCCCC1. The number of hydrogen-bond donors (Lipinski definition) is 2. The van der Waals surface area contributed by atoms with Crippen molar-refractivity contribution in [1.29, 1.82) is 0 Å². The number of phenols is 1. The van der Waals surface area contributed by atoms with Crippen molar-refractivity contribution >= 4 is 0 Å². The van der Waals surface area contributed by atoms with Gasteiger partial charge in [0.15, 0.2) is 0 Å². The topological polar surface area (TPSA) is 52.9 Å². The molecule has 0 aromatic heterocycles. The van der Waals surface area contributed by atoms with E-state index >= 15 is 0 Å². The first kappa shape index (κ1) is 19.7. The van der Waals surface area contributed by atoms with Gasteiger partial charge in [-0.25, -0.2) is 0 Å². The van der Waals surface area contributed by atoms with E-state index in [0.717, 1.165) is 29.7 Å². The third-order valence-electron chi connectivity index (χ3n) is 5.43. The predicted molar refractivity (Wildman–Crippen MR) is 108 cm³/mol. The molecule has 0 radical (unpaired) electrons. The molecule has 1 aliphatic rings. The molecule has 3 rings (SSSR count). The molecule has 27 heavy (non-hydrogen) atoms. The van der Waals surface area contributed by atoms with Crippen LogP contribution in [0.25, 0.3) is 0 Å². The summed E-state index contributed by atoms with van der Waals surface area (Å²) in [6.07, 6.45) is 5.49. The summed E-state index contributed by atoms with van der Waals surface area (Å²) in [5, 5.41) is 20.8. The van der Waals surface area contributed by atoms with Gasteiger partial charge in [0, 0.05) is 24.7 Å². The van der Waals surface area contributed by atoms with E-state index in [2.05, 4.69) is 4.90 Å². The Balaban J connectivity index is 1.63. The van der Waals surface area contributed by atoms with Gasteiger partial charge in [0.2, 0.25) is 0 Å². The third kappa shape index (κ3) is 5.72. The molecule has 1 aliphatic carbocycles. The molecule has 2 aromatic rings. The summed E-state index contributed by atoms with van der Waals surface area (Å²) in [4.78, 5) is 2.32. The predicted octanol–water partition coefficient (Wildman–Crippen LogP) is 4.28. The summed E-state index contributed by atoms with van der Waals surface area (Å²) in [5.74, 6) is 1.14. The zero-order valence-electron chi connectivity index (χ0n) is 16.2. The van der Waals surface area contributed by atoms with E-state index in [9.17, 15) is 10.2 Å². The normalized spacial score (nSPS) is 16.4. The fourth-order valence-corrected chi connectivity index (χ4v) is 3.88. The van der Waals surface area contributed by atoms with Gasteiger partial charge in [-0.15, -0.1) is 0 Å². The fourth-order valence-electron chi connectivity index (χ4n) is 3.88. The van der Waals surface area contributed by atoms with E-state index in [4.69, 9.17) is 4.74 Å². The minimum absolute atomic E-state index is 0.273. The zero-order chi connectivity index (χ0) is 19.1. The van der Waals surface area contributed by atoms with E-state index in [-0.39, 0.29) is 6.61 Å². The largest absolute Gasteiger partial charge is 0.508 e. The lowest BCUT2D eigenvalue weighted by Crippen LogP contribution is -2.42. The van der Waals surface area contributed by atoms with Crippen molar-refractivity contribution in [1.82, 2.24) is 4.90 Å². The molecule has 0 unspecified atom stereocenters. The molecular weight excluding hydrogens is 338 g/mol. The number of hydrogen-bond acceptors (Lipinski definition) is 4. The van der Waals surface area contributed by atoms with E-state index in [1.54, 1.807) is 6.07 Å². The average Bonchev–Trinajstić information content (AvgIpc) is 2.69. The maximum Gasteiger partial charge on any atom is 0.122 e. The van der Waals surface area contributed by atoms with Crippen molar-refractivity contribution in [2.24, 2.45) is 0 Å².